The van der Waals surface area contributed by atoms with Gasteiger partial charge in [0.2, 0.25) is 5.91 Å². The first-order valence-corrected chi connectivity index (χ1v) is 21.0. The fraction of sp³-hybridized carbons (Fsp3) is 0.761. The Morgan fingerprint density at radius 1 is 0.963 bits per heavy atom. The maximum absolute atomic E-state index is 14.1. The van der Waals surface area contributed by atoms with E-state index in [1.54, 1.807) is 26.2 Å². The summed E-state index contributed by atoms with van der Waals surface area (Å²) in [6.07, 6.45) is 14.4. The molecular weight excluding hydrogens is 675 g/mol. The molecule has 0 spiro atoms. The maximum atomic E-state index is 14.1. The van der Waals surface area contributed by atoms with Crippen molar-refractivity contribution in [2.45, 2.75) is 139 Å². The largest absolute Gasteiger partial charge is 0.462 e. The van der Waals surface area contributed by atoms with Gasteiger partial charge in [-0.1, -0.05) is 61.0 Å². The van der Waals surface area contributed by atoms with Crippen LogP contribution >= 0.6 is 0 Å². The van der Waals surface area contributed by atoms with Crippen LogP contribution in [0.15, 0.2) is 35.7 Å². The number of Topliss-reactive ketones (excluding diaryl/α,β-unsaturated/α-hetero) is 1. The fourth-order valence-corrected chi connectivity index (χ4v) is 13.3. The van der Waals surface area contributed by atoms with Crippen LogP contribution in [0.1, 0.15) is 132 Å². The van der Waals surface area contributed by atoms with Gasteiger partial charge in [-0.05, 0) is 136 Å². The number of aldehydes is 1. The quantitative estimate of drug-likeness (QED) is 0.157. The Hall–Kier alpha value is -2.87. The number of allylic oxidation sites excluding steroid dienone is 2. The molecule has 1 amide bonds. The molecule has 298 valence electrons. The number of ketones is 1. The second-order valence-electron chi connectivity index (χ2n) is 20.6. The Kier molecular flexibility index (Phi) is 11.2. The number of aromatic nitrogens is 1. The van der Waals surface area contributed by atoms with Gasteiger partial charge in [0.1, 0.15) is 12.4 Å². The molecule has 4 saturated carbocycles. The molecule has 6 rings (SSSR count). The number of ether oxygens (including phenoxy) is 1. The highest BCUT2D eigenvalue weighted by Crippen LogP contribution is 2.73. The van der Waals surface area contributed by atoms with Crippen LogP contribution in [0.4, 0.5) is 0 Å². The molecule has 0 radical (unpaired) electrons. The van der Waals surface area contributed by atoms with Crippen molar-refractivity contribution in [3.8, 4) is 0 Å². The Morgan fingerprint density at radius 3 is 2.30 bits per heavy atom. The van der Waals surface area contributed by atoms with Crippen LogP contribution in [-0.2, 0) is 30.5 Å². The van der Waals surface area contributed by atoms with Gasteiger partial charge >= 0.3 is 5.97 Å². The fourth-order valence-electron chi connectivity index (χ4n) is 13.3. The summed E-state index contributed by atoms with van der Waals surface area (Å²) in [7, 11) is 3.89. The maximum Gasteiger partial charge on any atom is 0.307 e. The molecule has 0 aromatic carbocycles. The lowest BCUT2D eigenvalue weighted by molar-refractivity contribution is -0.213. The number of likely N-dealkylation sites (N-methyl/N-ethyl adjacent to an activating group) is 1. The van der Waals surface area contributed by atoms with Gasteiger partial charge in [0.05, 0.1) is 13.0 Å². The first-order chi connectivity index (χ1) is 25.3. The zero-order chi connectivity index (χ0) is 39.4. The highest BCUT2D eigenvalue weighted by atomic mass is 16.5. The molecular formula is C46H69N3O5. The van der Waals surface area contributed by atoms with Crippen molar-refractivity contribution in [1.82, 2.24) is 14.8 Å². The molecule has 5 aliphatic rings. The third-order valence-electron chi connectivity index (χ3n) is 15.7. The number of esters is 1. The normalized spacial score (nSPS) is 34.5. The van der Waals surface area contributed by atoms with Gasteiger partial charge in [-0.25, -0.2) is 0 Å². The summed E-state index contributed by atoms with van der Waals surface area (Å²) in [6.45, 7) is 19.4. The third kappa shape index (κ3) is 7.27. The summed E-state index contributed by atoms with van der Waals surface area (Å²) in [4.78, 5) is 60.6. The lowest BCUT2D eigenvalue weighted by atomic mass is 9.36. The predicted octanol–water partition coefficient (Wildman–Crippen LogP) is 8.48. The van der Waals surface area contributed by atoms with Crippen molar-refractivity contribution >= 4 is 23.9 Å². The predicted molar refractivity (Wildman–Crippen MR) is 212 cm³/mol. The van der Waals surface area contributed by atoms with Crippen molar-refractivity contribution < 1.29 is 23.9 Å². The lowest BCUT2D eigenvalue weighted by Gasteiger charge is -2.69. The summed E-state index contributed by atoms with van der Waals surface area (Å²) in [5.74, 6) is 2.34. The number of rotatable bonds is 12. The van der Waals surface area contributed by atoms with Crippen molar-refractivity contribution in [3.63, 3.8) is 0 Å². The van der Waals surface area contributed by atoms with Crippen LogP contribution in [0.2, 0.25) is 0 Å². The van der Waals surface area contributed by atoms with E-state index >= 15 is 0 Å². The topological polar surface area (TPSA) is 96.9 Å². The Balaban J connectivity index is 1.25. The van der Waals surface area contributed by atoms with E-state index in [1.165, 1.54) is 5.57 Å². The van der Waals surface area contributed by atoms with Crippen LogP contribution in [0, 0.1) is 56.7 Å². The Bertz CT molecular complexity index is 1630. The summed E-state index contributed by atoms with van der Waals surface area (Å²) < 4.78 is 6.23. The van der Waals surface area contributed by atoms with E-state index in [-0.39, 0.29) is 52.0 Å². The standard InChI is InChI=1S/C46H69N3O5/c1-30(2)40-34(51)25-46(21-24-49(38(52)28-48(9)10)27-31-16-22-47-23-17-31)20-13-33-32(41(40)46)11-12-36-44(33,7)18-14-35-43(5,6)37(15-19-45(35,36)8)54-39(53)26-42(3,4)29-50/h16-17,22-23,29-30,32-33,35-37H,11-15,18-21,24-28H2,1-10H3. The number of amides is 1. The minimum Gasteiger partial charge on any atom is -0.462 e. The van der Waals surface area contributed by atoms with Crippen LogP contribution < -0.4 is 0 Å². The molecule has 1 aromatic heterocycles. The molecule has 8 heteroatoms. The number of nitrogens with zero attached hydrogens (tertiary/aromatic N) is 3. The van der Waals surface area contributed by atoms with Crippen molar-refractivity contribution in [2.24, 2.45) is 56.7 Å². The average Bonchev–Trinajstić information content (AvgIpc) is 3.40. The van der Waals surface area contributed by atoms with E-state index in [9.17, 15) is 19.2 Å². The van der Waals surface area contributed by atoms with E-state index in [1.807, 2.05) is 36.0 Å². The minimum absolute atomic E-state index is 0.113. The summed E-state index contributed by atoms with van der Waals surface area (Å²) >= 11 is 0. The van der Waals surface area contributed by atoms with Gasteiger partial charge in [0.15, 0.2) is 5.78 Å². The SMILES string of the molecule is CC(C)C1=C2C3CCC4C(C)(CCC5C(C)(C)C(OC(=O)CC(C)(C)C=O)CCC54C)C3CCC2(CCN(Cc2ccncc2)C(=O)CN(C)C)CC1=O. The third-order valence-corrected chi connectivity index (χ3v) is 15.7. The zero-order valence-corrected chi connectivity index (χ0v) is 35.1. The average molecular weight is 744 g/mol. The molecule has 8 nitrogen and oxygen atoms in total. The second-order valence-corrected chi connectivity index (χ2v) is 20.6. The first-order valence-electron chi connectivity index (χ1n) is 21.0. The minimum atomic E-state index is -0.717. The molecule has 0 saturated heterocycles. The number of hydrogen-bond acceptors (Lipinski definition) is 7. The summed E-state index contributed by atoms with van der Waals surface area (Å²) in [5, 5.41) is 0. The number of carbonyl (C=O) groups is 4. The zero-order valence-electron chi connectivity index (χ0n) is 35.1. The van der Waals surface area contributed by atoms with Gasteiger partial charge in [-0.2, -0.15) is 0 Å². The molecule has 5 aliphatic carbocycles. The molecule has 4 fully saturated rings. The molecule has 0 aliphatic heterocycles. The number of fused-ring (bicyclic) bond motifs is 7. The van der Waals surface area contributed by atoms with Gasteiger partial charge in [0.25, 0.3) is 0 Å². The lowest BCUT2D eigenvalue weighted by Crippen LogP contribution is -2.63. The van der Waals surface area contributed by atoms with E-state index in [2.05, 4.69) is 46.5 Å². The van der Waals surface area contributed by atoms with Crippen molar-refractivity contribution in [2.75, 3.05) is 27.2 Å². The Labute approximate surface area is 325 Å². The molecule has 8 atom stereocenters. The smallest absolute Gasteiger partial charge is 0.307 e. The van der Waals surface area contributed by atoms with E-state index in [0.29, 0.717) is 55.5 Å². The van der Waals surface area contributed by atoms with Crippen LogP contribution in [0.25, 0.3) is 0 Å². The Morgan fingerprint density at radius 2 is 1.65 bits per heavy atom. The molecule has 1 aromatic rings. The number of hydrogen-bond donors (Lipinski definition) is 0. The molecule has 54 heavy (non-hydrogen) atoms. The molecule has 1 heterocycles. The van der Waals surface area contributed by atoms with E-state index < -0.39 is 5.41 Å². The summed E-state index contributed by atoms with van der Waals surface area (Å²) in [5.41, 5.74) is 2.91. The monoisotopic (exact) mass is 744 g/mol. The first kappa shape index (κ1) is 40.8. The van der Waals surface area contributed by atoms with Crippen molar-refractivity contribution in [3.05, 3.63) is 41.2 Å². The van der Waals surface area contributed by atoms with Crippen LogP contribution in [0.5, 0.6) is 0 Å². The van der Waals surface area contributed by atoms with Crippen LogP contribution in [0.3, 0.4) is 0 Å². The second kappa shape index (κ2) is 14.9. The highest BCUT2D eigenvalue weighted by Gasteiger charge is 2.66. The number of carbonyl (C=O) groups excluding carboxylic acids is 4. The molecule has 0 bridgehead atoms. The number of pyridine rings is 1. The van der Waals surface area contributed by atoms with Gasteiger partial charge in [-0.15, -0.1) is 0 Å². The highest BCUT2D eigenvalue weighted by molar-refractivity contribution is 6.00. The molecule has 0 N–H and O–H groups in total. The van der Waals surface area contributed by atoms with E-state index in [4.69, 9.17) is 4.74 Å². The van der Waals surface area contributed by atoms with Gasteiger partial charge in [-0.3, -0.25) is 19.4 Å². The molecule has 8 unspecified atom stereocenters. The van der Waals surface area contributed by atoms with E-state index in [0.717, 1.165) is 75.2 Å². The van der Waals surface area contributed by atoms with Crippen molar-refractivity contribution in [1.29, 1.82) is 0 Å². The summed E-state index contributed by atoms with van der Waals surface area (Å²) in [6, 6.07) is 3.98. The van der Waals surface area contributed by atoms with Crippen LogP contribution in [-0.4, -0.2) is 72.0 Å². The van der Waals surface area contributed by atoms with Gasteiger partial charge in [0, 0.05) is 48.1 Å². The van der Waals surface area contributed by atoms with Gasteiger partial charge < -0.3 is 19.3 Å².